The molecule has 2 aromatic rings. The molecule has 7 nitrogen and oxygen atoms in total. The molecule has 0 saturated carbocycles. The summed E-state index contributed by atoms with van der Waals surface area (Å²) in [7, 11) is -3.72. The molecule has 1 amide bonds. The van der Waals surface area contributed by atoms with Gasteiger partial charge in [0.15, 0.2) is 0 Å². The molecule has 21 heavy (non-hydrogen) atoms. The SMILES string of the molecule is O=C(O)NCCc1cc(Br)n(S(=O)(=O)c2cccnc2)c1. The molecule has 112 valence electrons. The number of carboxylic acid groups (broad SMARTS) is 1. The van der Waals surface area contributed by atoms with Crippen LogP contribution in [0.25, 0.3) is 0 Å². The number of hydrogen-bond donors (Lipinski definition) is 2. The second-order valence-corrected chi connectivity index (χ2v) is 6.77. The van der Waals surface area contributed by atoms with E-state index < -0.39 is 16.1 Å². The molecule has 0 aliphatic carbocycles. The van der Waals surface area contributed by atoms with Gasteiger partial charge in [-0.1, -0.05) is 0 Å². The highest BCUT2D eigenvalue weighted by Gasteiger charge is 2.20. The molecule has 0 saturated heterocycles. The van der Waals surface area contributed by atoms with Gasteiger partial charge in [0.1, 0.15) is 9.50 Å². The monoisotopic (exact) mass is 373 g/mol. The van der Waals surface area contributed by atoms with E-state index in [-0.39, 0.29) is 11.4 Å². The quantitative estimate of drug-likeness (QED) is 0.830. The summed E-state index contributed by atoms with van der Waals surface area (Å²) < 4.78 is 26.3. The van der Waals surface area contributed by atoms with Crippen molar-refractivity contribution in [3.8, 4) is 0 Å². The summed E-state index contributed by atoms with van der Waals surface area (Å²) in [5.74, 6) is 0. The average Bonchev–Trinajstić information content (AvgIpc) is 2.81. The van der Waals surface area contributed by atoms with Gasteiger partial charge < -0.3 is 10.4 Å². The summed E-state index contributed by atoms with van der Waals surface area (Å²) in [4.78, 5) is 14.3. The Morgan fingerprint density at radius 1 is 1.48 bits per heavy atom. The van der Waals surface area contributed by atoms with Gasteiger partial charge >= 0.3 is 6.09 Å². The Morgan fingerprint density at radius 2 is 2.24 bits per heavy atom. The predicted molar refractivity (Wildman–Crippen MR) is 78.7 cm³/mol. The number of pyridine rings is 1. The number of halogens is 1. The minimum absolute atomic E-state index is 0.0801. The number of nitrogens with zero attached hydrogens (tertiary/aromatic N) is 2. The van der Waals surface area contributed by atoms with Crippen molar-refractivity contribution in [2.24, 2.45) is 0 Å². The van der Waals surface area contributed by atoms with E-state index in [2.05, 4.69) is 26.2 Å². The Balaban J connectivity index is 2.25. The van der Waals surface area contributed by atoms with Gasteiger partial charge in [-0.2, -0.15) is 0 Å². The van der Waals surface area contributed by atoms with Gasteiger partial charge in [0, 0.05) is 25.1 Å². The van der Waals surface area contributed by atoms with Gasteiger partial charge in [-0.15, -0.1) is 0 Å². The zero-order valence-electron chi connectivity index (χ0n) is 10.7. The lowest BCUT2D eigenvalue weighted by Gasteiger charge is -2.06. The predicted octanol–water partition coefficient (Wildman–Crippen LogP) is 1.69. The van der Waals surface area contributed by atoms with Gasteiger partial charge in [-0.25, -0.2) is 17.2 Å². The molecule has 0 unspecified atom stereocenters. The van der Waals surface area contributed by atoms with Crippen molar-refractivity contribution in [3.63, 3.8) is 0 Å². The number of nitrogens with one attached hydrogen (secondary N) is 1. The van der Waals surface area contributed by atoms with Gasteiger partial charge in [-0.3, -0.25) is 4.98 Å². The smallest absolute Gasteiger partial charge is 0.404 e. The van der Waals surface area contributed by atoms with Crippen LogP contribution in [-0.2, 0) is 16.4 Å². The molecule has 2 heterocycles. The van der Waals surface area contributed by atoms with Crippen LogP contribution in [0, 0.1) is 0 Å². The number of aromatic nitrogens is 2. The maximum Gasteiger partial charge on any atom is 0.404 e. The minimum Gasteiger partial charge on any atom is -0.465 e. The van der Waals surface area contributed by atoms with E-state index in [4.69, 9.17) is 5.11 Å². The van der Waals surface area contributed by atoms with E-state index in [1.54, 1.807) is 12.1 Å². The zero-order chi connectivity index (χ0) is 15.5. The van der Waals surface area contributed by atoms with Crippen LogP contribution in [0.5, 0.6) is 0 Å². The van der Waals surface area contributed by atoms with Gasteiger partial charge in [0.2, 0.25) is 0 Å². The van der Waals surface area contributed by atoms with E-state index in [0.29, 0.717) is 16.6 Å². The number of hydrogen-bond acceptors (Lipinski definition) is 4. The molecular formula is C12H12BrN3O4S. The van der Waals surface area contributed by atoms with Crippen LogP contribution in [0.4, 0.5) is 4.79 Å². The fourth-order valence-electron chi connectivity index (χ4n) is 1.71. The number of amides is 1. The van der Waals surface area contributed by atoms with Crippen molar-refractivity contribution in [2.45, 2.75) is 11.3 Å². The maximum absolute atomic E-state index is 12.4. The normalized spacial score (nSPS) is 11.3. The van der Waals surface area contributed by atoms with Crippen LogP contribution in [0.3, 0.4) is 0 Å². The highest BCUT2D eigenvalue weighted by atomic mass is 79.9. The Hall–Kier alpha value is -1.87. The first-order valence-electron chi connectivity index (χ1n) is 5.90. The Labute approximate surface area is 129 Å². The third-order valence-corrected chi connectivity index (χ3v) is 5.18. The largest absolute Gasteiger partial charge is 0.465 e. The lowest BCUT2D eigenvalue weighted by atomic mass is 10.2. The highest BCUT2D eigenvalue weighted by molar-refractivity contribution is 9.10. The Bertz CT molecular complexity index is 743. The standard InChI is InChI=1S/C12H12BrN3O4S/c13-11-6-9(3-5-15-12(17)18)8-16(11)21(19,20)10-2-1-4-14-7-10/h1-2,4,6-8,15H,3,5H2,(H,17,18). The van der Waals surface area contributed by atoms with E-state index >= 15 is 0 Å². The summed E-state index contributed by atoms with van der Waals surface area (Å²) in [6.07, 6.45) is 3.49. The van der Waals surface area contributed by atoms with Gasteiger partial charge in [0.25, 0.3) is 10.0 Å². The molecule has 2 rings (SSSR count). The molecule has 2 N–H and O–H groups in total. The van der Waals surface area contributed by atoms with Crippen LogP contribution < -0.4 is 5.32 Å². The second kappa shape index (κ2) is 6.27. The van der Waals surface area contributed by atoms with E-state index in [0.717, 1.165) is 3.97 Å². The molecule has 0 aliphatic rings. The maximum atomic E-state index is 12.4. The van der Waals surface area contributed by atoms with Crippen LogP contribution in [0.2, 0.25) is 0 Å². The van der Waals surface area contributed by atoms with Crippen LogP contribution in [0.15, 0.2) is 46.3 Å². The average molecular weight is 374 g/mol. The molecule has 0 aliphatic heterocycles. The molecule has 0 spiro atoms. The zero-order valence-corrected chi connectivity index (χ0v) is 13.1. The molecule has 0 atom stereocenters. The van der Waals surface area contributed by atoms with Crippen molar-refractivity contribution < 1.29 is 18.3 Å². The van der Waals surface area contributed by atoms with E-state index in [1.165, 1.54) is 24.7 Å². The first kappa shape index (κ1) is 15.5. The molecule has 0 fully saturated rings. The first-order chi connectivity index (χ1) is 9.91. The lowest BCUT2D eigenvalue weighted by Crippen LogP contribution is -2.23. The topological polar surface area (TPSA) is 101 Å². The number of rotatable bonds is 5. The molecule has 0 bridgehead atoms. The third kappa shape index (κ3) is 3.61. The van der Waals surface area contributed by atoms with Crippen LogP contribution in [-0.4, -0.2) is 35.1 Å². The molecule has 0 radical (unpaired) electrons. The van der Waals surface area contributed by atoms with Crippen molar-refractivity contribution in [3.05, 3.63) is 47.0 Å². The van der Waals surface area contributed by atoms with Gasteiger partial charge in [0.05, 0.1) is 0 Å². The van der Waals surface area contributed by atoms with Crippen molar-refractivity contribution in [2.75, 3.05) is 6.54 Å². The fraction of sp³-hybridized carbons (Fsp3) is 0.167. The van der Waals surface area contributed by atoms with E-state index in [1.807, 2.05) is 0 Å². The van der Waals surface area contributed by atoms with Crippen molar-refractivity contribution in [1.82, 2.24) is 14.3 Å². The fourth-order valence-corrected chi connectivity index (χ4v) is 3.91. The third-order valence-electron chi connectivity index (χ3n) is 2.68. The summed E-state index contributed by atoms with van der Waals surface area (Å²) in [6, 6.07) is 4.64. The summed E-state index contributed by atoms with van der Waals surface area (Å²) in [5, 5.41) is 10.7. The lowest BCUT2D eigenvalue weighted by molar-refractivity contribution is 0.194. The van der Waals surface area contributed by atoms with Gasteiger partial charge in [-0.05, 0) is 46.1 Å². The second-order valence-electron chi connectivity index (χ2n) is 4.14. The molecule has 0 aromatic carbocycles. The Kier molecular flexibility index (Phi) is 4.63. The highest BCUT2D eigenvalue weighted by Crippen LogP contribution is 2.22. The summed E-state index contributed by atoms with van der Waals surface area (Å²) in [6.45, 7) is 0.207. The van der Waals surface area contributed by atoms with E-state index in [9.17, 15) is 13.2 Å². The van der Waals surface area contributed by atoms with Crippen molar-refractivity contribution in [1.29, 1.82) is 0 Å². The first-order valence-corrected chi connectivity index (χ1v) is 8.14. The van der Waals surface area contributed by atoms with Crippen LogP contribution in [0.1, 0.15) is 5.56 Å². The van der Waals surface area contributed by atoms with Crippen LogP contribution >= 0.6 is 15.9 Å². The summed E-state index contributed by atoms with van der Waals surface area (Å²) >= 11 is 3.20. The molecular weight excluding hydrogens is 362 g/mol. The molecule has 9 heteroatoms. The Morgan fingerprint density at radius 3 is 2.86 bits per heavy atom. The number of carbonyl (C=O) groups is 1. The summed E-state index contributed by atoms with van der Waals surface area (Å²) in [5.41, 5.74) is 0.697. The molecule has 2 aromatic heterocycles. The minimum atomic E-state index is -3.72. The van der Waals surface area contributed by atoms with Crippen molar-refractivity contribution >= 4 is 32.0 Å².